The summed E-state index contributed by atoms with van der Waals surface area (Å²) in [5.74, 6) is -0.926. The molecular formula is C20H26FN3O3S. The van der Waals surface area contributed by atoms with E-state index in [0.29, 0.717) is 10.6 Å². The zero-order chi connectivity index (χ0) is 20.9. The zero-order valence-corrected chi connectivity index (χ0v) is 17.6. The molecule has 0 aliphatic heterocycles. The van der Waals surface area contributed by atoms with Crippen LogP contribution in [-0.4, -0.2) is 22.6 Å². The summed E-state index contributed by atoms with van der Waals surface area (Å²) in [5.41, 5.74) is 0.352. The van der Waals surface area contributed by atoms with Crippen LogP contribution in [0.4, 0.5) is 20.6 Å². The zero-order valence-electron chi connectivity index (χ0n) is 16.8. The summed E-state index contributed by atoms with van der Waals surface area (Å²) in [4.78, 5) is 29.6. The third-order valence-corrected chi connectivity index (χ3v) is 4.87. The minimum Gasteiger partial charge on any atom is -0.444 e. The summed E-state index contributed by atoms with van der Waals surface area (Å²) < 4.78 is 18.9. The third-order valence-electron chi connectivity index (χ3n) is 3.66. The van der Waals surface area contributed by atoms with Crippen molar-refractivity contribution in [1.82, 2.24) is 4.98 Å². The van der Waals surface area contributed by atoms with Gasteiger partial charge in [0.2, 0.25) is 0 Å². The van der Waals surface area contributed by atoms with E-state index in [1.54, 1.807) is 27.7 Å². The number of halogens is 1. The van der Waals surface area contributed by atoms with Crippen molar-refractivity contribution in [3.05, 3.63) is 39.6 Å². The van der Waals surface area contributed by atoms with Gasteiger partial charge in [-0.2, -0.15) is 0 Å². The molecule has 0 aliphatic rings. The number of benzene rings is 1. The average molecular weight is 408 g/mol. The first-order chi connectivity index (χ1) is 13.1. The Morgan fingerprint density at radius 2 is 1.93 bits per heavy atom. The van der Waals surface area contributed by atoms with Crippen molar-refractivity contribution in [2.45, 2.75) is 59.5 Å². The molecule has 2 rings (SSSR count). The molecule has 6 nitrogen and oxygen atoms in total. The maximum Gasteiger partial charge on any atom is 0.412 e. The Hall–Kier alpha value is -2.48. The van der Waals surface area contributed by atoms with Crippen LogP contribution in [0.1, 0.15) is 60.9 Å². The van der Waals surface area contributed by atoms with Crippen LogP contribution in [0.3, 0.4) is 0 Å². The number of nitrogens with one attached hydrogen (secondary N) is 2. The van der Waals surface area contributed by atoms with Crippen LogP contribution in [0.15, 0.2) is 18.2 Å². The van der Waals surface area contributed by atoms with E-state index in [4.69, 9.17) is 4.74 Å². The molecule has 0 aliphatic carbocycles. The number of carbonyl (C=O) groups excluding carboxylic acids is 2. The molecule has 0 spiro atoms. The van der Waals surface area contributed by atoms with E-state index in [1.807, 2.05) is 0 Å². The Labute approximate surface area is 168 Å². The first-order valence-corrected chi connectivity index (χ1v) is 9.98. The van der Waals surface area contributed by atoms with Gasteiger partial charge in [-0.25, -0.2) is 14.2 Å². The van der Waals surface area contributed by atoms with Crippen molar-refractivity contribution in [3.8, 4) is 0 Å². The van der Waals surface area contributed by atoms with Gasteiger partial charge < -0.3 is 10.1 Å². The predicted molar refractivity (Wildman–Crippen MR) is 110 cm³/mol. The van der Waals surface area contributed by atoms with Crippen molar-refractivity contribution in [2.75, 3.05) is 10.6 Å². The molecule has 0 fully saturated rings. The Morgan fingerprint density at radius 3 is 2.57 bits per heavy atom. The fourth-order valence-electron chi connectivity index (χ4n) is 2.42. The van der Waals surface area contributed by atoms with Crippen LogP contribution in [0.5, 0.6) is 0 Å². The molecule has 0 saturated carbocycles. The van der Waals surface area contributed by atoms with Gasteiger partial charge in [-0.15, -0.1) is 11.3 Å². The van der Waals surface area contributed by atoms with E-state index in [2.05, 4.69) is 22.5 Å². The number of hydrogen-bond acceptors (Lipinski definition) is 5. The van der Waals surface area contributed by atoms with E-state index in [0.717, 1.165) is 30.3 Å². The summed E-state index contributed by atoms with van der Waals surface area (Å²) in [5, 5.41) is 6.11. The lowest BCUT2D eigenvalue weighted by atomic mass is 10.2. The lowest BCUT2D eigenvalue weighted by Gasteiger charge is -2.20. The molecule has 0 atom stereocenters. The van der Waals surface area contributed by atoms with Gasteiger partial charge in [0.25, 0.3) is 5.91 Å². The largest absolute Gasteiger partial charge is 0.444 e. The van der Waals surface area contributed by atoms with E-state index >= 15 is 0 Å². The molecule has 1 aromatic carbocycles. The van der Waals surface area contributed by atoms with Gasteiger partial charge in [-0.3, -0.25) is 10.1 Å². The second-order valence-electron chi connectivity index (χ2n) is 7.40. The van der Waals surface area contributed by atoms with Crippen molar-refractivity contribution in [1.29, 1.82) is 0 Å². The quantitative estimate of drug-likeness (QED) is 0.659. The summed E-state index contributed by atoms with van der Waals surface area (Å²) >= 11 is 1.33. The number of unbranched alkanes of at least 4 members (excludes halogenated alkanes) is 1. The number of hydrogen-bond donors (Lipinski definition) is 2. The summed E-state index contributed by atoms with van der Waals surface area (Å²) in [6.45, 7) is 9.08. The monoisotopic (exact) mass is 407 g/mol. The van der Waals surface area contributed by atoms with Crippen LogP contribution in [0.2, 0.25) is 0 Å². The minimum absolute atomic E-state index is 0.152. The number of amides is 2. The maximum atomic E-state index is 13.7. The molecule has 152 valence electrons. The molecule has 0 bridgehead atoms. The van der Waals surface area contributed by atoms with Crippen molar-refractivity contribution in [3.63, 3.8) is 0 Å². The Kier molecular flexibility index (Phi) is 7.12. The topological polar surface area (TPSA) is 80.3 Å². The lowest BCUT2D eigenvalue weighted by molar-refractivity contribution is 0.0635. The van der Waals surface area contributed by atoms with Crippen LogP contribution < -0.4 is 10.6 Å². The van der Waals surface area contributed by atoms with Crippen LogP contribution in [-0.2, 0) is 11.2 Å². The Morgan fingerprint density at radius 1 is 1.21 bits per heavy atom. The van der Waals surface area contributed by atoms with E-state index in [9.17, 15) is 14.0 Å². The van der Waals surface area contributed by atoms with Crippen molar-refractivity contribution >= 4 is 34.7 Å². The first-order valence-electron chi connectivity index (χ1n) is 9.16. The number of ether oxygens (including phenoxy) is 1. The number of nitrogens with zero attached hydrogens (tertiary/aromatic N) is 1. The summed E-state index contributed by atoms with van der Waals surface area (Å²) in [7, 11) is 0. The highest BCUT2D eigenvalue weighted by Crippen LogP contribution is 2.26. The molecule has 1 aromatic heterocycles. The normalized spacial score (nSPS) is 11.2. The molecule has 2 amide bonds. The molecular weight excluding hydrogens is 381 g/mol. The van der Waals surface area contributed by atoms with Crippen molar-refractivity contribution < 1.29 is 18.7 Å². The van der Waals surface area contributed by atoms with Gasteiger partial charge >= 0.3 is 6.09 Å². The van der Waals surface area contributed by atoms with Gasteiger partial charge in [0.05, 0.1) is 22.1 Å². The molecule has 0 saturated heterocycles. The number of aromatic nitrogens is 1. The molecule has 0 unspecified atom stereocenters. The van der Waals surface area contributed by atoms with Gasteiger partial charge in [0.15, 0.2) is 0 Å². The lowest BCUT2D eigenvalue weighted by Crippen LogP contribution is -2.27. The first kappa shape index (κ1) is 21.8. The van der Waals surface area contributed by atoms with Crippen molar-refractivity contribution in [2.24, 2.45) is 0 Å². The molecule has 8 heteroatoms. The minimum atomic E-state index is -0.689. The van der Waals surface area contributed by atoms with Crippen LogP contribution in [0.25, 0.3) is 0 Å². The molecule has 2 aromatic rings. The van der Waals surface area contributed by atoms with Crippen LogP contribution in [0, 0.1) is 12.7 Å². The van der Waals surface area contributed by atoms with Gasteiger partial charge in [0.1, 0.15) is 16.3 Å². The SMILES string of the molecule is CCCCc1nc(C)c(C(=O)Nc2cc(F)ccc2NC(=O)OC(C)(C)C)s1. The predicted octanol–water partition coefficient (Wildman–Crippen LogP) is 5.53. The number of carbonyl (C=O) groups is 2. The number of anilines is 2. The Bertz CT molecular complexity index is 859. The third kappa shape index (κ3) is 6.30. The fourth-order valence-corrected chi connectivity index (χ4v) is 3.42. The highest BCUT2D eigenvalue weighted by molar-refractivity contribution is 7.13. The fraction of sp³-hybridized carbons (Fsp3) is 0.450. The highest BCUT2D eigenvalue weighted by Gasteiger charge is 2.20. The summed E-state index contributed by atoms with van der Waals surface area (Å²) in [6, 6.07) is 3.73. The molecule has 0 radical (unpaired) electrons. The van der Waals surface area contributed by atoms with E-state index in [-0.39, 0.29) is 11.4 Å². The molecule has 2 N–H and O–H groups in total. The smallest absolute Gasteiger partial charge is 0.412 e. The van der Waals surface area contributed by atoms with Gasteiger partial charge in [-0.05, 0) is 58.7 Å². The van der Waals surface area contributed by atoms with Crippen LogP contribution >= 0.6 is 11.3 Å². The average Bonchev–Trinajstić information content (AvgIpc) is 2.94. The second kappa shape index (κ2) is 9.14. The number of rotatable bonds is 6. The molecule has 28 heavy (non-hydrogen) atoms. The number of thiazole rings is 1. The standard InChI is InChI=1S/C20H26FN3O3S/c1-6-7-8-16-22-12(2)17(28-16)18(25)23-15-11-13(21)9-10-14(15)24-19(26)27-20(3,4)5/h9-11H,6-8H2,1-5H3,(H,23,25)(H,24,26). The van der Waals surface area contributed by atoms with E-state index < -0.39 is 23.4 Å². The van der Waals surface area contributed by atoms with Gasteiger partial charge in [0, 0.05) is 0 Å². The summed E-state index contributed by atoms with van der Waals surface area (Å²) in [6.07, 6.45) is 2.18. The highest BCUT2D eigenvalue weighted by atomic mass is 32.1. The van der Waals surface area contributed by atoms with E-state index in [1.165, 1.54) is 23.5 Å². The van der Waals surface area contributed by atoms with Gasteiger partial charge in [-0.1, -0.05) is 13.3 Å². The molecule has 1 heterocycles. The number of aryl methyl sites for hydroxylation is 2. The second-order valence-corrected chi connectivity index (χ2v) is 8.48. The Balaban J connectivity index is 2.19. The maximum absolute atomic E-state index is 13.7.